The van der Waals surface area contributed by atoms with Crippen LogP contribution in [0.15, 0.2) is 158 Å². The van der Waals surface area contributed by atoms with Crippen molar-refractivity contribution in [3.8, 4) is 0 Å². The molecule has 0 spiro atoms. The van der Waals surface area contributed by atoms with Gasteiger partial charge in [0.15, 0.2) is 6.10 Å². The molecule has 0 saturated carbocycles. The molecular formula is C67H104O6. The number of hydrogen-bond acceptors (Lipinski definition) is 6. The van der Waals surface area contributed by atoms with E-state index in [2.05, 4.69) is 154 Å². The third kappa shape index (κ3) is 57.8. The number of ether oxygens (including phenoxy) is 3. The molecule has 0 aliphatic rings. The highest BCUT2D eigenvalue weighted by molar-refractivity contribution is 5.71. The lowest BCUT2D eigenvalue weighted by Crippen LogP contribution is -2.30. The second kappa shape index (κ2) is 59.6. The predicted octanol–water partition coefficient (Wildman–Crippen LogP) is 19.8. The molecule has 0 aromatic rings. The number of unbranched alkanes of at least 4 members (excludes halogenated alkanes) is 13. The van der Waals surface area contributed by atoms with Crippen LogP contribution < -0.4 is 0 Å². The van der Waals surface area contributed by atoms with E-state index in [9.17, 15) is 14.4 Å². The Morgan fingerprint density at radius 1 is 0.274 bits per heavy atom. The molecule has 408 valence electrons. The van der Waals surface area contributed by atoms with E-state index in [4.69, 9.17) is 14.2 Å². The summed E-state index contributed by atoms with van der Waals surface area (Å²) in [6.07, 6.45) is 86.8. The van der Waals surface area contributed by atoms with Gasteiger partial charge in [-0.05, 0) is 135 Å². The highest BCUT2D eigenvalue weighted by atomic mass is 16.6. The first-order valence-electron chi connectivity index (χ1n) is 29.0. The number of rotatable bonds is 50. The van der Waals surface area contributed by atoms with Crippen LogP contribution in [0.4, 0.5) is 0 Å². The first kappa shape index (κ1) is 68.0. The predicted molar refractivity (Wildman–Crippen MR) is 315 cm³/mol. The van der Waals surface area contributed by atoms with Crippen molar-refractivity contribution in [2.24, 2.45) is 0 Å². The van der Waals surface area contributed by atoms with Gasteiger partial charge in [-0.25, -0.2) is 0 Å². The van der Waals surface area contributed by atoms with Gasteiger partial charge in [-0.3, -0.25) is 14.4 Å². The maximum absolute atomic E-state index is 12.9. The summed E-state index contributed by atoms with van der Waals surface area (Å²) in [5, 5.41) is 0. The summed E-state index contributed by atoms with van der Waals surface area (Å²) in [5.74, 6) is -1.15. The third-order valence-electron chi connectivity index (χ3n) is 11.5. The molecule has 0 radical (unpaired) electrons. The zero-order valence-electron chi connectivity index (χ0n) is 46.6. The second-order valence-corrected chi connectivity index (χ2v) is 18.5. The largest absolute Gasteiger partial charge is 0.462 e. The normalized spacial score (nSPS) is 12.9. The number of esters is 3. The van der Waals surface area contributed by atoms with E-state index >= 15 is 0 Å². The Bertz CT molecular complexity index is 1590. The van der Waals surface area contributed by atoms with Crippen molar-refractivity contribution in [1.29, 1.82) is 0 Å². The van der Waals surface area contributed by atoms with Crippen LogP contribution in [-0.4, -0.2) is 37.2 Å². The lowest BCUT2D eigenvalue weighted by atomic mass is 10.1. The average Bonchev–Trinajstić information content (AvgIpc) is 3.39. The summed E-state index contributed by atoms with van der Waals surface area (Å²) < 4.78 is 16.7. The Kier molecular flexibility index (Phi) is 55.5. The fraction of sp³-hybridized carbons (Fsp3) is 0.567. The summed E-state index contributed by atoms with van der Waals surface area (Å²) in [6.45, 7) is 6.39. The SMILES string of the molecule is CCCCC/C=C\C/C=C\C/C=C\C/C=C\C/C=C\CCC(=O)OCC(COC(=O)CC/C=C\C/C=C\C/C=C\C/C=C\C/C=C\CCCCC)OC(=O)CCCCCC/C=C\C/C=C\C/C=C\CCCCC. The molecule has 0 atom stereocenters. The van der Waals surface area contributed by atoms with Crippen LogP contribution in [0.5, 0.6) is 0 Å². The van der Waals surface area contributed by atoms with Gasteiger partial charge in [0, 0.05) is 19.3 Å². The van der Waals surface area contributed by atoms with E-state index in [1.54, 1.807) is 0 Å². The van der Waals surface area contributed by atoms with E-state index in [0.29, 0.717) is 19.3 Å². The molecule has 0 bridgehead atoms. The van der Waals surface area contributed by atoms with Gasteiger partial charge in [0.1, 0.15) is 13.2 Å². The minimum Gasteiger partial charge on any atom is -0.462 e. The van der Waals surface area contributed by atoms with Crippen molar-refractivity contribution in [3.05, 3.63) is 158 Å². The van der Waals surface area contributed by atoms with Gasteiger partial charge in [-0.15, -0.1) is 0 Å². The maximum Gasteiger partial charge on any atom is 0.306 e. The molecule has 73 heavy (non-hydrogen) atoms. The quantitative estimate of drug-likeness (QED) is 0.0261. The molecule has 0 rings (SSSR count). The molecule has 0 N–H and O–H groups in total. The Morgan fingerprint density at radius 2 is 0.521 bits per heavy atom. The van der Waals surface area contributed by atoms with Crippen molar-refractivity contribution in [3.63, 3.8) is 0 Å². The Morgan fingerprint density at radius 3 is 0.808 bits per heavy atom. The summed E-state index contributed by atoms with van der Waals surface area (Å²) in [7, 11) is 0. The first-order valence-corrected chi connectivity index (χ1v) is 29.0. The summed E-state index contributed by atoms with van der Waals surface area (Å²) >= 11 is 0. The molecular weight excluding hydrogens is 901 g/mol. The third-order valence-corrected chi connectivity index (χ3v) is 11.5. The van der Waals surface area contributed by atoms with Gasteiger partial charge in [0.2, 0.25) is 0 Å². The lowest BCUT2D eigenvalue weighted by molar-refractivity contribution is -0.166. The number of allylic oxidation sites excluding steroid dienone is 26. The van der Waals surface area contributed by atoms with Crippen LogP contribution >= 0.6 is 0 Å². The average molecular weight is 1010 g/mol. The molecule has 0 amide bonds. The fourth-order valence-corrected chi connectivity index (χ4v) is 7.12. The molecule has 6 heteroatoms. The van der Waals surface area contributed by atoms with Gasteiger partial charge < -0.3 is 14.2 Å². The molecule has 0 aliphatic heterocycles. The standard InChI is InChI=1S/C67H104O6/c1-4-7-10-13-16-19-22-25-28-31-33-36-38-41-44-47-50-53-56-59-65(68)71-62-64(73-67(70)61-58-55-52-49-46-43-40-35-30-27-24-21-18-15-12-9-6-3)63-72-66(69)60-57-54-51-48-45-42-39-37-34-32-29-26-23-20-17-14-11-8-5-2/h16-21,25-30,33-34,36-37,40-45,50-51,53-54,64H,4-15,22-24,31-32,35,38-39,46-49,52,55-63H2,1-3H3/b19-16-,20-17-,21-18-,28-25-,29-26-,30-27-,36-33-,37-34-,43-40-,44-41-,45-42-,53-50-,54-51-. The Labute approximate surface area is 448 Å². The van der Waals surface area contributed by atoms with Crippen molar-refractivity contribution < 1.29 is 28.6 Å². The van der Waals surface area contributed by atoms with Gasteiger partial charge >= 0.3 is 17.9 Å². The van der Waals surface area contributed by atoms with E-state index in [1.165, 1.54) is 77.0 Å². The summed E-state index contributed by atoms with van der Waals surface area (Å²) in [6, 6.07) is 0. The molecule has 0 aliphatic carbocycles. The van der Waals surface area contributed by atoms with Crippen molar-refractivity contribution >= 4 is 17.9 Å². The van der Waals surface area contributed by atoms with Crippen molar-refractivity contribution in [2.75, 3.05) is 13.2 Å². The fourth-order valence-electron chi connectivity index (χ4n) is 7.12. The zero-order valence-corrected chi connectivity index (χ0v) is 46.6. The van der Waals surface area contributed by atoms with Gasteiger partial charge in [0.25, 0.3) is 0 Å². The van der Waals surface area contributed by atoms with Crippen LogP contribution in [0.2, 0.25) is 0 Å². The molecule has 0 saturated heterocycles. The minimum absolute atomic E-state index is 0.157. The van der Waals surface area contributed by atoms with Gasteiger partial charge in [-0.2, -0.15) is 0 Å². The Hall–Kier alpha value is -4.97. The van der Waals surface area contributed by atoms with Crippen molar-refractivity contribution in [1.82, 2.24) is 0 Å². The first-order chi connectivity index (χ1) is 36.0. The monoisotopic (exact) mass is 1000 g/mol. The number of carbonyl (C=O) groups excluding carboxylic acids is 3. The Balaban J connectivity index is 4.68. The van der Waals surface area contributed by atoms with E-state index in [-0.39, 0.29) is 50.4 Å². The van der Waals surface area contributed by atoms with Crippen LogP contribution in [0.25, 0.3) is 0 Å². The second-order valence-electron chi connectivity index (χ2n) is 18.5. The molecule has 0 aromatic carbocycles. The van der Waals surface area contributed by atoms with Crippen LogP contribution in [0.1, 0.15) is 226 Å². The molecule has 0 fully saturated rings. The summed E-state index contributed by atoms with van der Waals surface area (Å²) in [5.41, 5.74) is 0. The lowest BCUT2D eigenvalue weighted by Gasteiger charge is -2.18. The van der Waals surface area contributed by atoms with Gasteiger partial charge in [0.05, 0.1) is 0 Å². The van der Waals surface area contributed by atoms with E-state index < -0.39 is 6.10 Å². The van der Waals surface area contributed by atoms with E-state index in [1.807, 2.05) is 24.3 Å². The smallest absolute Gasteiger partial charge is 0.306 e. The van der Waals surface area contributed by atoms with Crippen LogP contribution in [0, 0.1) is 0 Å². The zero-order chi connectivity index (χ0) is 52.9. The number of hydrogen-bond donors (Lipinski definition) is 0. The summed E-state index contributed by atoms with van der Waals surface area (Å²) in [4.78, 5) is 38.1. The highest BCUT2D eigenvalue weighted by Crippen LogP contribution is 2.11. The van der Waals surface area contributed by atoms with E-state index in [0.717, 1.165) is 89.9 Å². The molecule has 0 heterocycles. The van der Waals surface area contributed by atoms with Crippen LogP contribution in [-0.2, 0) is 28.6 Å². The topological polar surface area (TPSA) is 78.9 Å². The molecule has 0 aromatic heterocycles. The minimum atomic E-state index is -0.859. The van der Waals surface area contributed by atoms with Gasteiger partial charge in [-0.1, -0.05) is 230 Å². The maximum atomic E-state index is 12.9. The van der Waals surface area contributed by atoms with Crippen molar-refractivity contribution in [2.45, 2.75) is 232 Å². The molecule has 0 unspecified atom stereocenters. The number of carbonyl (C=O) groups is 3. The van der Waals surface area contributed by atoms with Crippen LogP contribution in [0.3, 0.4) is 0 Å². The highest BCUT2D eigenvalue weighted by Gasteiger charge is 2.19. The molecule has 6 nitrogen and oxygen atoms in total.